The van der Waals surface area contributed by atoms with Crippen molar-refractivity contribution in [2.75, 3.05) is 0 Å². The summed E-state index contributed by atoms with van der Waals surface area (Å²) in [4.78, 5) is 33.3. The number of carboxylic acid groups (broad SMARTS) is 1. The Morgan fingerprint density at radius 3 is 2.79 bits per heavy atom. The van der Waals surface area contributed by atoms with Crippen LogP contribution in [0.25, 0.3) is 21.6 Å². The van der Waals surface area contributed by atoms with Gasteiger partial charge in [-0.1, -0.05) is 29.8 Å². The number of aromatic amines is 1. The number of H-pyrrole nitrogens is 1. The summed E-state index contributed by atoms with van der Waals surface area (Å²) in [6.45, 7) is 2.00. The number of nitrogens with zero attached hydrogens (tertiary/aromatic N) is 1. The van der Waals surface area contributed by atoms with Crippen LogP contribution in [0.5, 0.6) is 0 Å². The molecule has 6 heteroatoms. The number of aliphatic carboxylic acids is 1. The zero-order valence-corrected chi connectivity index (χ0v) is 13.9. The number of benzene rings is 1. The molecule has 24 heavy (non-hydrogen) atoms. The van der Waals surface area contributed by atoms with Crippen molar-refractivity contribution in [3.05, 3.63) is 50.6 Å². The zero-order chi connectivity index (χ0) is 16.8. The van der Waals surface area contributed by atoms with E-state index in [0.717, 1.165) is 28.8 Å². The van der Waals surface area contributed by atoms with E-state index in [1.807, 2.05) is 31.2 Å². The second-order valence-electron chi connectivity index (χ2n) is 6.18. The van der Waals surface area contributed by atoms with Crippen LogP contribution in [0.4, 0.5) is 0 Å². The SMILES string of the molecule is Cc1ccc(-c2nc3sc4c(c3c(=O)[nH]2)C(C(=O)O)CCC4)cc1. The molecule has 0 spiro atoms. The minimum Gasteiger partial charge on any atom is -0.481 e. The van der Waals surface area contributed by atoms with Crippen LogP contribution >= 0.6 is 11.3 Å². The molecule has 0 saturated heterocycles. The van der Waals surface area contributed by atoms with E-state index in [4.69, 9.17) is 0 Å². The maximum Gasteiger partial charge on any atom is 0.311 e. The Balaban J connectivity index is 1.94. The minimum absolute atomic E-state index is 0.249. The fourth-order valence-corrected chi connectivity index (χ4v) is 4.61. The lowest BCUT2D eigenvalue weighted by Gasteiger charge is -2.18. The van der Waals surface area contributed by atoms with Gasteiger partial charge >= 0.3 is 5.97 Å². The molecule has 122 valence electrons. The van der Waals surface area contributed by atoms with Crippen molar-refractivity contribution in [1.82, 2.24) is 9.97 Å². The van der Waals surface area contributed by atoms with E-state index in [1.165, 1.54) is 11.3 Å². The summed E-state index contributed by atoms with van der Waals surface area (Å²) >= 11 is 1.45. The van der Waals surface area contributed by atoms with Crippen molar-refractivity contribution in [2.45, 2.75) is 32.1 Å². The van der Waals surface area contributed by atoms with Crippen LogP contribution in [0, 0.1) is 6.92 Å². The summed E-state index contributed by atoms with van der Waals surface area (Å²) in [7, 11) is 0. The van der Waals surface area contributed by atoms with Crippen LogP contribution in [0.1, 0.15) is 34.8 Å². The first-order chi connectivity index (χ1) is 11.5. The van der Waals surface area contributed by atoms with Gasteiger partial charge in [-0.2, -0.15) is 0 Å². The van der Waals surface area contributed by atoms with E-state index < -0.39 is 11.9 Å². The number of thiophene rings is 1. The molecule has 1 aromatic carbocycles. The first kappa shape index (κ1) is 15.1. The Labute approximate surface area is 142 Å². The van der Waals surface area contributed by atoms with Gasteiger partial charge in [0.25, 0.3) is 5.56 Å². The molecule has 2 heterocycles. The lowest BCUT2D eigenvalue weighted by Crippen LogP contribution is -2.19. The predicted molar refractivity (Wildman–Crippen MR) is 93.7 cm³/mol. The van der Waals surface area contributed by atoms with Crippen LogP contribution < -0.4 is 5.56 Å². The molecule has 0 bridgehead atoms. The Morgan fingerprint density at radius 1 is 1.33 bits per heavy atom. The van der Waals surface area contributed by atoms with Gasteiger partial charge in [0, 0.05) is 10.4 Å². The molecular formula is C18H16N2O3S. The van der Waals surface area contributed by atoms with E-state index >= 15 is 0 Å². The standard InChI is InChI=1S/C18H16N2O3S/c1-9-5-7-10(8-6-9)15-19-16(21)14-13-11(18(22)23)3-2-4-12(13)24-17(14)20-15/h5-8,11H,2-4H2,1H3,(H,22,23)(H,19,20,21). The molecule has 0 aliphatic heterocycles. The zero-order valence-electron chi connectivity index (χ0n) is 13.1. The number of aryl methyl sites for hydroxylation is 2. The average molecular weight is 340 g/mol. The maximum absolute atomic E-state index is 12.7. The molecule has 1 atom stereocenters. The number of aromatic nitrogens is 2. The summed E-state index contributed by atoms with van der Waals surface area (Å²) in [6, 6.07) is 7.79. The third kappa shape index (κ3) is 2.34. The summed E-state index contributed by atoms with van der Waals surface area (Å²) < 4.78 is 0. The minimum atomic E-state index is -0.863. The lowest BCUT2D eigenvalue weighted by atomic mass is 9.86. The molecule has 2 aromatic heterocycles. The molecule has 4 rings (SSSR count). The summed E-state index contributed by atoms with van der Waals surface area (Å²) in [5, 5.41) is 9.94. The fraction of sp³-hybridized carbons (Fsp3) is 0.278. The summed E-state index contributed by atoms with van der Waals surface area (Å²) in [5.74, 6) is -0.939. The number of hydrogen-bond donors (Lipinski definition) is 2. The molecule has 0 radical (unpaired) electrons. The maximum atomic E-state index is 12.7. The smallest absolute Gasteiger partial charge is 0.311 e. The highest BCUT2D eigenvalue weighted by Gasteiger charge is 2.31. The largest absolute Gasteiger partial charge is 0.481 e. The van der Waals surface area contributed by atoms with Crippen molar-refractivity contribution >= 4 is 27.5 Å². The molecule has 1 unspecified atom stereocenters. The van der Waals surface area contributed by atoms with Crippen molar-refractivity contribution in [2.24, 2.45) is 0 Å². The van der Waals surface area contributed by atoms with Gasteiger partial charge in [0.2, 0.25) is 0 Å². The normalized spacial score (nSPS) is 17.0. The van der Waals surface area contributed by atoms with Crippen LogP contribution in [-0.2, 0) is 11.2 Å². The molecule has 0 fully saturated rings. The molecule has 0 saturated carbocycles. The van der Waals surface area contributed by atoms with E-state index in [2.05, 4.69) is 9.97 Å². The van der Waals surface area contributed by atoms with Crippen LogP contribution in [-0.4, -0.2) is 21.0 Å². The van der Waals surface area contributed by atoms with Gasteiger partial charge in [-0.15, -0.1) is 11.3 Å². The Morgan fingerprint density at radius 2 is 2.08 bits per heavy atom. The molecule has 3 aromatic rings. The first-order valence-electron chi connectivity index (χ1n) is 7.90. The van der Waals surface area contributed by atoms with Crippen LogP contribution in [0.15, 0.2) is 29.1 Å². The number of rotatable bonds is 2. The molecule has 1 aliphatic carbocycles. The van der Waals surface area contributed by atoms with E-state index in [0.29, 0.717) is 28.0 Å². The fourth-order valence-electron chi connectivity index (χ4n) is 3.34. The van der Waals surface area contributed by atoms with Crippen LogP contribution in [0.3, 0.4) is 0 Å². The highest BCUT2D eigenvalue weighted by atomic mass is 32.1. The van der Waals surface area contributed by atoms with E-state index in [-0.39, 0.29) is 5.56 Å². The second kappa shape index (κ2) is 5.56. The lowest BCUT2D eigenvalue weighted by molar-refractivity contribution is -0.139. The van der Waals surface area contributed by atoms with Crippen molar-refractivity contribution in [1.29, 1.82) is 0 Å². The Bertz CT molecular complexity index is 1000. The monoisotopic (exact) mass is 340 g/mol. The van der Waals surface area contributed by atoms with Gasteiger partial charge in [-0.25, -0.2) is 4.98 Å². The summed E-state index contributed by atoms with van der Waals surface area (Å²) in [6.07, 6.45) is 2.23. The predicted octanol–water partition coefficient (Wildman–Crippen LogP) is 3.46. The summed E-state index contributed by atoms with van der Waals surface area (Å²) in [5.41, 5.74) is 2.41. The van der Waals surface area contributed by atoms with Crippen LogP contribution in [0.2, 0.25) is 0 Å². The Kier molecular flexibility index (Phi) is 3.49. The highest BCUT2D eigenvalue weighted by molar-refractivity contribution is 7.18. The molecule has 2 N–H and O–H groups in total. The number of hydrogen-bond acceptors (Lipinski definition) is 4. The van der Waals surface area contributed by atoms with Crippen molar-refractivity contribution < 1.29 is 9.90 Å². The average Bonchev–Trinajstić information content (AvgIpc) is 2.94. The highest BCUT2D eigenvalue weighted by Crippen LogP contribution is 2.40. The van der Waals surface area contributed by atoms with Gasteiger partial charge in [-0.05, 0) is 31.7 Å². The molecular weight excluding hydrogens is 324 g/mol. The topological polar surface area (TPSA) is 83.0 Å². The quantitative estimate of drug-likeness (QED) is 0.748. The van der Waals surface area contributed by atoms with E-state index in [9.17, 15) is 14.7 Å². The third-order valence-electron chi connectivity index (χ3n) is 4.54. The molecule has 1 aliphatic rings. The first-order valence-corrected chi connectivity index (χ1v) is 8.71. The van der Waals surface area contributed by atoms with Gasteiger partial charge < -0.3 is 10.1 Å². The van der Waals surface area contributed by atoms with Crippen molar-refractivity contribution in [3.8, 4) is 11.4 Å². The second-order valence-corrected chi connectivity index (χ2v) is 7.27. The van der Waals surface area contributed by atoms with Gasteiger partial charge in [0.05, 0.1) is 11.3 Å². The van der Waals surface area contributed by atoms with Gasteiger partial charge in [0.1, 0.15) is 10.7 Å². The number of carbonyl (C=O) groups is 1. The van der Waals surface area contributed by atoms with Gasteiger partial charge in [0.15, 0.2) is 0 Å². The molecule has 5 nitrogen and oxygen atoms in total. The van der Waals surface area contributed by atoms with Crippen molar-refractivity contribution in [3.63, 3.8) is 0 Å². The number of nitrogens with one attached hydrogen (secondary N) is 1. The van der Waals surface area contributed by atoms with Gasteiger partial charge in [-0.3, -0.25) is 9.59 Å². The number of fused-ring (bicyclic) bond motifs is 3. The van der Waals surface area contributed by atoms with E-state index in [1.54, 1.807) is 0 Å². The Hall–Kier alpha value is -2.47. The molecule has 0 amide bonds. The third-order valence-corrected chi connectivity index (χ3v) is 5.70. The number of carboxylic acids is 1.